The molecule has 0 aliphatic carbocycles. The minimum atomic E-state index is -0.839. The maximum Gasteiger partial charge on any atom is 0.271 e. The van der Waals surface area contributed by atoms with E-state index < -0.39 is 16.9 Å². The first-order valence-corrected chi connectivity index (χ1v) is 7.65. The van der Waals surface area contributed by atoms with Crippen molar-refractivity contribution in [2.45, 2.75) is 13.0 Å². The van der Waals surface area contributed by atoms with Gasteiger partial charge in [-0.3, -0.25) is 14.9 Å². The monoisotopic (exact) mass is 428 g/mol. The summed E-state index contributed by atoms with van der Waals surface area (Å²) in [5.74, 6) is -0.263. The molecule has 7 nitrogen and oxygen atoms in total. The molecule has 0 bridgehead atoms. The van der Waals surface area contributed by atoms with Crippen LogP contribution in [0.2, 0.25) is 0 Å². The number of anilines is 1. The zero-order valence-corrected chi connectivity index (χ0v) is 14.2. The second-order valence-electron chi connectivity index (χ2n) is 4.66. The fraction of sp³-hybridized carbons (Fsp3) is 0.133. The van der Waals surface area contributed by atoms with E-state index in [0.29, 0.717) is 5.75 Å². The lowest BCUT2D eigenvalue weighted by molar-refractivity contribution is -0.384. The summed E-state index contributed by atoms with van der Waals surface area (Å²) in [6.07, 6.45) is -0.839. The Labute approximate surface area is 145 Å². The van der Waals surface area contributed by atoms with Gasteiger partial charge < -0.3 is 15.2 Å². The number of nitro benzene ring substituents is 1. The summed E-state index contributed by atoms with van der Waals surface area (Å²) >= 11 is 2.15. The van der Waals surface area contributed by atoms with Crippen molar-refractivity contribution in [1.82, 2.24) is 0 Å². The molecule has 0 aliphatic rings. The highest BCUT2D eigenvalue weighted by Crippen LogP contribution is 2.28. The highest BCUT2D eigenvalue weighted by Gasteiger charge is 2.18. The van der Waals surface area contributed by atoms with Crippen LogP contribution in [0.4, 0.5) is 11.4 Å². The molecule has 120 valence electrons. The van der Waals surface area contributed by atoms with Gasteiger partial charge in [-0.1, -0.05) is 0 Å². The Hall–Kier alpha value is -2.36. The van der Waals surface area contributed by atoms with Gasteiger partial charge in [-0.2, -0.15) is 0 Å². The Bertz CT molecular complexity index is 733. The van der Waals surface area contributed by atoms with Crippen molar-refractivity contribution in [3.05, 3.63) is 56.1 Å². The average molecular weight is 428 g/mol. The molecule has 2 N–H and O–H groups in total. The normalized spacial score (nSPS) is 11.6. The Morgan fingerprint density at radius 2 is 1.96 bits per heavy atom. The zero-order valence-electron chi connectivity index (χ0n) is 12.0. The summed E-state index contributed by atoms with van der Waals surface area (Å²) in [5.41, 5.74) is -0.272. The summed E-state index contributed by atoms with van der Waals surface area (Å²) in [7, 11) is 0. The van der Waals surface area contributed by atoms with Crippen LogP contribution in [0.15, 0.2) is 42.5 Å². The smallest absolute Gasteiger partial charge is 0.271 e. The Balaban J connectivity index is 2.07. The zero-order chi connectivity index (χ0) is 17.0. The number of halogens is 1. The van der Waals surface area contributed by atoms with Crippen LogP contribution in [0, 0.1) is 13.7 Å². The number of benzene rings is 2. The number of hydrogen-bond donors (Lipinski definition) is 2. The quantitative estimate of drug-likeness (QED) is 0.329. The van der Waals surface area contributed by atoms with Crippen molar-refractivity contribution in [1.29, 1.82) is 0 Å². The fourth-order valence-corrected chi connectivity index (χ4v) is 2.10. The third-order valence-electron chi connectivity index (χ3n) is 2.94. The molecule has 0 saturated carbocycles. The van der Waals surface area contributed by atoms with Crippen molar-refractivity contribution < 1.29 is 19.6 Å². The Kier molecular flexibility index (Phi) is 5.37. The van der Waals surface area contributed by atoms with Crippen LogP contribution >= 0.6 is 22.6 Å². The number of ether oxygens (including phenoxy) is 1. The fourth-order valence-electron chi connectivity index (χ4n) is 1.74. The third-order valence-corrected chi connectivity index (χ3v) is 3.66. The van der Waals surface area contributed by atoms with Crippen LogP contribution in [-0.4, -0.2) is 22.0 Å². The lowest BCUT2D eigenvalue weighted by atomic mass is 10.2. The number of carbonyl (C=O) groups excluding carboxylic acids is 1. The number of rotatable bonds is 5. The molecule has 0 radical (unpaired) electrons. The van der Waals surface area contributed by atoms with Gasteiger partial charge >= 0.3 is 0 Å². The van der Waals surface area contributed by atoms with Crippen LogP contribution in [0.25, 0.3) is 0 Å². The van der Waals surface area contributed by atoms with E-state index in [1.165, 1.54) is 0 Å². The van der Waals surface area contributed by atoms with Crippen molar-refractivity contribution in [2.75, 3.05) is 5.32 Å². The SMILES string of the molecule is CC(Oc1ccc(I)cc1)C(=O)Nc1cc([N+](=O)[O-])ccc1O. The molecule has 0 aliphatic heterocycles. The van der Waals surface area contributed by atoms with E-state index in [1.807, 2.05) is 12.1 Å². The molecule has 2 rings (SSSR count). The van der Waals surface area contributed by atoms with E-state index in [1.54, 1.807) is 19.1 Å². The largest absolute Gasteiger partial charge is 0.506 e. The van der Waals surface area contributed by atoms with Crippen molar-refractivity contribution in [3.8, 4) is 11.5 Å². The van der Waals surface area contributed by atoms with Crippen LogP contribution < -0.4 is 10.1 Å². The highest BCUT2D eigenvalue weighted by atomic mass is 127. The van der Waals surface area contributed by atoms with Crippen molar-refractivity contribution in [3.63, 3.8) is 0 Å². The number of hydrogen-bond acceptors (Lipinski definition) is 5. The minimum absolute atomic E-state index is 0.0396. The summed E-state index contributed by atoms with van der Waals surface area (Å²) in [5, 5.41) is 22.8. The Morgan fingerprint density at radius 3 is 2.57 bits per heavy atom. The molecule has 2 aromatic rings. The molecule has 0 spiro atoms. The van der Waals surface area contributed by atoms with E-state index in [2.05, 4.69) is 27.9 Å². The number of phenols is 1. The molecular weight excluding hydrogens is 415 g/mol. The Morgan fingerprint density at radius 1 is 1.30 bits per heavy atom. The highest BCUT2D eigenvalue weighted by molar-refractivity contribution is 14.1. The predicted molar refractivity (Wildman–Crippen MR) is 92.6 cm³/mol. The topological polar surface area (TPSA) is 102 Å². The molecule has 0 heterocycles. The van der Waals surface area contributed by atoms with Gasteiger partial charge in [-0.15, -0.1) is 0 Å². The van der Waals surface area contributed by atoms with E-state index >= 15 is 0 Å². The molecule has 1 unspecified atom stereocenters. The van der Waals surface area contributed by atoms with Gasteiger partial charge in [0.1, 0.15) is 11.5 Å². The van der Waals surface area contributed by atoms with E-state index in [-0.39, 0.29) is 17.1 Å². The van der Waals surface area contributed by atoms with Gasteiger partial charge in [0.25, 0.3) is 11.6 Å². The third kappa shape index (κ3) is 4.55. The van der Waals surface area contributed by atoms with Gasteiger partial charge in [0, 0.05) is 15.7 Å². The van der Waals surface area contributed by atoms with Crippen LogP contribution in [0.3, 0.4) is 0 Å². The molecule has 1 atom stereocenters. The summed E-state index contributed by atoms with van der Waals surface area (Å²) in [6, 6.07) is 10.5. The van der Waals surface area contributed by atoms with Crippen LogP contribution in [0.5, 0.6) is 11.5 Å². The number of nitrogens with zero attached hydrogens (tertiary/aromatic N) is 1. The maximum absolute atomic E-state index is 12.1. The molecule has 0 fully saturated rings. The second kappa shape index (κ2) is 7.27. The van der Waals surface area contributed by atoms with Gasteiger partial charge in [-0.25, -0.2) is 0 Å². The van der Waals surface area contributed by atoms with Gasteiger partial charge in [0.2, 0.25) is 0 Å². The average Bonchev–Trinajstić information content (AvgIpc) is 2.51. The number of non-ortho nitro benzene ring substituents is 1. The predicted octanol–water partition coefficient (Wildman–Crippen LogP) is 3.31. The van der Waals surface area contributed by atoms with Gasteiger partial charge in [0.15, 0.2) is 6.10 Å². The van der Waals surface area contributed by atoms with Gasteiger partial charge in [-0.05, 0) is 59.8 Å². The van der Waals surface area contributed by atoms with E-state index in [0.717, 1.165) is 21.8 Å². The number of carbonyl (C=O) groups is 1. The summed E-state index contributed by atoms with van der Waals surface area (Å²) < 4.78 is 6.53. The summed E-state index contributed by atoms with van der Waals surface area (Å²) in [4.78, 5) is 22.2. The number of aromatic hydroxyl groups is 1. The lowest BCUT2D eigenvalue weighted by Crippen LogP contribution is -2.30. The minimum Gasteiger partial charge on any atom is -0.506 e. The van der Waals surface area contributed by atoms with Crippen LogP contribution in [-0.2, 0) is 4.79 Å². The van der Waals surface area contributed by atoms with Crippen molar-refractivity contribution in [2.24, 2.45) is 0 Å². The first kappa shape index (κ1) is 17.0. The second-order valence-corrected chi connectivity index (χ2v) is 5.91. The summed E-state index contributed by atoms with van der Waals surface area (Å²) in [6.45, 7) is 1.54. The molecule has 8 heteroatoms. The molecule has 0 aromatic heterocycles. The number of nitro groups is 1. The van der Waals surface area contributed by atoms with Crippen molar-refractivity contribution >= 4 is 39.9 Å². The molecule has 2 aromatic carbocycles. The molecule has 1 amide bonds. The van der Waals surface area contributed by atoms with Gasteiger partial charge in [0.05, 0.1) is 10.6 Å². The number of phenolic OH excluding ortho intramolecular Hbond substituents is 1. The number of nitrogens with one attached hydrogen (secondary N) is 1. The molecular formula is C15H13IN2O5. The molecule has 23 heavy (non-hydrogen) atoms. The molecule has 0 saturated heterocycles. The first-order chi connectivity index (χ1) is 10.9. The lowest BCUT2D eigenvalue weighted by Gasteiger charge is -2.15. The first-order valence-electron chi connectivity index (χ1n) is 6.57. The van der Waals surface area contributed by atoms with E-state index in [9.17, 15) is 20.0 Å². The standard InChI is InChI=1S/C15H13IN2O5/c1-9(23-12-5-2-10(16)3-6-12)15(20)17-13-8-11(18(21)22)4-7-14(13)19/h2-9,19H,1H3,(H,17,20). The van der Waals surface area contributed by atoms with Crippen LogP contribution in [0.1, 0.15) is 6.92 Å². The maximum atomic E-state index is 12.1. The van der Waals surface area contributed by atoms with E-state index in [4.69, 9.17) is 4.74 Å². The number of amides is 1.